The third-order valence-corrected chi connectivity index (χ3v) is 5.49. The quantitative estimate of drug-likeness (QED) is 0.357. The summed E-state index contributed by atoms with van der Waals surface area (Å²) in [5.74, 6) is 0.517. The molecule has 1 heterocycles. The Hall–Kier alpha value is -3.45. The third kappa shape index (κ3) is 4.73. The maximum Gasteiger partial charge on any atom is 0.336 e. The molecule has 0 unspecified atom stereocenters. The summed E-state index contributed by atoms with van der Waals surface area (Å²) in [7, 11) is 0. The lowest BCUT2D eigenvalue weighted by atomic mass is 10.1. The third-order valence-electron chi connectivity index (χ3n) is 4.80. The smallest absolute Gasteiger partial charge is 0.336 e. The minimum absolute atomic E-state index is 0.0366. The van der Waals surface area contributed by atoms with Crippen molar-refractivity contribution in [3.05, 3.63) is 88.4 Å². The Balaban J connectivity index is 1.65. The molecule has 0 radical (unpaired) electrons. The first-order valence-electron chi connectivity index (χ1n) is 10.3. The molecule has 1 amide bonds. The van der Waals surface area contributed by atoms with Crippen LogP contribution in [0.1, 0.15) is 29.8 Å². The van der Waals surface area contributed by atoms with Gasteiger partial charge in [0.15, 0.2) is 5.82 Å². The predicted molar refractivity (Wildman–Crippen MR) is 129 cm³/mol. The molecule has 32 heavy (non-hydrogen) atoms. The average Bonchev–Trinajstić information content (AvgIpc) is 3.17. The monoisotopic (exact) mass is 490 g/mol. The van der Waals surface area contributed by atoms with Crippen LogP contribution in [0.15, 0.2) is 77.3 Å². The lowest BCUT2D eigenvalue weighted by Gasteiger charge is -2.10. The van der Waals surface area contributed by atoms with Crippen LogP contribution in [0, 0.1) is 6.92 Å². The van der Waals surface area contributed by atoms with Crippen molar-refractivity contribution in [2.45, 2.75) is 26.9 Å². The topological polar surface area (TPSA) is 69.0 Å². The standard InChI is InChI=1S/C25H23BrN4O2/c1-16(2)32-25-28-23(20-9-5-4-8-17(20)3)30(29-25)19-14-12-18(13-15-19)27-24(31)21-10-6-7-11-22(21)26/h4-16H,1-3H3,(H,27,31). The number of aromatic nitrogens is 3. The Bertz CT molecular complexity index is 1250. The van der Waals surface area contributed by atoms with Gasteiger partial charge >= 0.3 is 6.01 Å². The number of aryl methyl sites for hydroxylation is 1. The molecule has 0 aliphatic heterocycles. The number of nitrogens with one attached hydrogen (secondary N) is 1. The number of rotatable bonds is 6. The summed E-state index contributed by atoms with van der Waals surface area (Å²) in [5, 5.41) is 7.50. The highest BCUT2D eigenvalue weighted by molar-refractivity contribution is 9.10. The average molecular weight is 491 g/mol. The molecule has 0 spiro atoms. The van der Waals surface area contributed by atoms with Crippen molar-refractivity contribution in [3.63, 3.8) is 0 Å². The van der Waals surface area contributed by atoms with Crippen LogP contribution in [0.4, 0.5) is 5.69 Å². The van der Waals surface area contributed by atoms with Crippen LogP contribution < -0.4 is 10.1 Å². The Kier molecular flexibility index (Phi) is 6.37. The maximum absolute atomic E-state index is 12.6. The highest BCUT2D eigenvalue weighted by Gasteiger charge is 2.17. The first-order chi connectivity index (χ1) is 15.4. The van der Waals surface area contributed by atoms with Crippen LogP contribution in [0.3, 0.4) is 0 Å². The molecule has 1 aromatic heterocycles. The molecule has 0 saturated carbocycles. The van der Waals surface area contributed by atoms with E-state index >= 15 is 0 Å². The molecule has 0 aliphatic carbocycles. The zero-order valence-electron chi connectivity index (χ0n) is 18.0. The van der Waals surface area contributed by atoms with E-state index in [2.05, 4.69) is 31.3 Å². The Morgan fingerprint density at radius 1 is 1.00 bits per heavy atom. The number of carbonyl (C=O) groups excluding carboxylic acids is 1. The van der Waals surface area contributed by atoms with E-state index in [9.17, 15) is 4.79 Å². The van der Waals surface area contributed by atoms with Crippen LogP contribution in [0.25, 0.3) is 17.1 Å². The van der Waals surface area contributed by atoms with Crippen LogP contribution in [-0.4, -0.2) is 26.8 Å². The van der Waals surface area contributed by atoms with Crippen molar-refractivity contribution in [1.29, 1.82) is 0 Å². The van der Waals surface area contributed by atoms with E-state index in [1.165, 1.54) is 0 Å². The summed E-state index contributed by atoms with van der Waals surface area (Å²) in [4.78, 5) is 17.2. The zero-order chi connectivity index (χ0) is 22.7. The summed E-state index contributed by atoms with van der Waals surface area (Å²) < 4.78 is 8.26. The fourth-order valence-corrected chi connectivity index (χ4v) is 3.73. The van der Waals surface area contributed by atoms with Gasteiger partial charge in [-0.2, -0.15) is 4.98 Å². The maximum atomic E-state index is 12.6. The number of ether oxygens (including phenoxy) is 1. The minimum atomic E-state index is -0.181. The highest BCUT2D eigenvalue weighted by atomic mass is 79.9. The van der Waals surface area contributed by atoms with E-state index in [0.717, 1.165) is 21.3 Å². The van der Waals surface area contributed by atoms with E-state index in [0.29, 0.717) is 23.1 Å². The summed E-state index contributed by atoms with van der Waals surface area (Å²) >= 11 is 3.42. The summed E-state index contributed by atoms with van der Waals surface area (Å²) in [6.45, 7) is 5.92. The second-order valence-corrected chi connectivity index (χ2v) is 8.45. The van der Waals surface area contributed by atoms with Gasteiger partial charge in [0, 0.05) is 15.7 Å². The van der Waals surface area contributed by atoms with Gasteiger partial charge in [-0.05, 0) is 78.7 Å². The van der Waals surface area contributed by atoms with Gasteiger partial charge in [-0.25, -0.2) is 4.68 Å². The van der Waals surface area contributed by atoms with E-state index in [1.54, 1.807) is 10.7 Å². The molecule has 0 atom stereocenters. The van der Waals surface area contributed by atoms with Crippen LogP contribution in [0.5, 0.6) is 6.01 Å². The van der Waals surface area contributed by atoms with Gasteiger partial charge in [-0.1, -0.05) is 36.4 Å². The first-order valence-corrected chi connectivity index (χ1v) is 11.1. The Morgan fingerprint density at radius 3 is 2.38 bits per heavy atom. The van der Waals surface area contributed by atoms with Gasteiger partial charge in [0.1, 0.15) is 0 Å². The molecule has 4 rings (SSSR count). The summed E-state index contributed by atoms with van der Waals surface area (Å²) in [6, 6.07) is 23.1. The normalized spacial score (nSPS) is 10.9. The van der Waals surface area contributed by atoms with Crippen LogP contribution >= 0.6 is 15.9 Å². The Labute approximate surface area is 195 Å². The number of carbonyl (C=O) groups is 1. The van der Waals surface area contributed by atoms with Gasteiger partial charge in [0.2, 0.25) is 0 Å². The van der Waals surface area contributed by atoms with Crippen molar-refractivity contribution in [2.24, 2.45) is 0 Å². The Morgan fingerprint density at radius 2 is 1.69 bits per heavy atom. The summed E-state index contributed by atoms with van der Waals surface area (Å²) in [6.07, 6.45) is -0.0366. The number of halogens is 1. The molecular weight excluding hydrogens is 468 g/mol. The van der Waals surface area contributed by atoms with E-state index in [1.807, 2.05) is 87.5 Å². The number of hydrogen-bond acceptors (Lipinski definition) is 4. The van der Waals surface area contributed by atoms with Gasteiger partial charge in [0.25, 0.3) is 5.91 Å². The van der Waals surface area contributed by atoms with Crippen molar-refractivity contribution in [3.8, 4) is 23.1 Å². The molecule has 3 aromatic carbocycles. The first kappa shape index (κ1) is 21.8. The number of anilines is 1. The van der Waals surface area contributed by atoms with Crippen LogP contribution in [-0.2, 0) is 0 Å². The SMILES string of the molecule is Cc1ccccc1-c1nc(OC(C)C)nn1-c1ccc(NC(=O)c2ccccc2Br)cc1. The van der Waals surface area contributed by atoms with Gasteiger partial charge in [0.05, 0.1) is 17.4 Å². The molecule has 0 bridgehead atoms. The second kappa shape index (κ2) is 9.36. The predicted octanol–water partition coefficient (Wildman–Crippen LogP) is 6.04. The zero-order valence-corrected chi connectivity index (χ0v) is 19.6. The van der Waals surface area contributed by atoms with E-state index < -0.39 is 0 Å². The molecule has 7 heteroatoms. The number of hydrogen-bond donors (Lipinski definition) is 1. The van der Waals surface area contributed by atoms with Gasteiger partial charge in [-0.3, -0.25) is 4.79 Å². The molecule has 162 valence electrons. The molecule has 0 aliphatic rings. The fraction of sp³-hybridized carbons (Fsp3) is 0.160. The van der Waals surface area contributed by atoms with E-state index in [-0.39, 0.29) is 12.0 Å². The number of amides is 1. The van der Waals surface area contributed by atoms with E-state index in [4.69, 9.17) is 4.74 Å². The second-order valence-electron chi connectivity index (χ2n) is 7.59. The highest BCUT2D eigenvalue weighted by Crippen LogP contribution is 2.27. The lowest BCUT2D eigenvalue weighted by Crippen LogP contribution is -2.12. The molecule has 6 nitrogen and oxygen atoms in total. The largest absolute Gasteiger partial charge is 0.460 e. The molecule has 0 fully saturated rings. The van der Waals surface area contributed by atoms with Gasteiger partial charge in [-0.15, -0.1) is 5.10 Å². The molecule has 1 N–H and O–H groups in total. The van der Waals surface area contributed by atoms with Crippen molar-refractivity contribution < 1.29 is 9.53 Å². The molecule has 4 aromatic rings. The van der Waals surface area contributed by atoms with Crippen molar-refractivity contribution in [1.82, 2.24) is 14.8 Å². The summed E-state index contributed by atoms with van der Waals surface area (Å²) in [5.41, 5.74) is 4.14. The van der Waals surface area contributed by atoms with Gasteiger partial charge < -0.3 is 10.1 Å². The molecule has 0 saturated heterocycles. The fourth-order valence-electron chi connectivity index (χ4n) is 3.26. The molecular formula is C25H23BrN4O2. The van der Waals surface area contributed by atoms with Crippen LogP contribution in [0.2, 0.25) is 0 Å². The minimum Gasteiger partial charge on any atom is -0.460 e. The number of benzene rings is 3. The van der Waals surface area contributed by atoms with Crippen molar-refractivity contribution >= 4 is 27.5 Å². The number of nitrogens with zero attached hydrogens (tertiary/aromatic N) is 3. The van der Waals surface area contributed by atoms with Crippen molar-refractivity contribution in [2.75, 3.05) is 5.32 Å². The lowest BCUT2D eigenvalue weighted by molar-refractivity contribution is 0.102.